The van der Waals surface area contributed by atoms with E-state index in [1.54, 1.807) is 6.07 Å². The summed E-state index contributed by atoms with van der Waals surface area (Å²) in [5.41, 5.74) is 3.21. The summed E-state index contributed by atoms with van der Waals surface area (Å²) in [7, 11) is 0. The van der Waals surface area contributed by atoms with Gasteiger partial charge in [-0.25, -0.2) is 0 Å². The van der Waals surface area contributed by atoms with Crippen LogP contribution in [0.4, 0.5) is 0 Å². The van der Waals surface area contributed by atoms with Crippen LogP contribution in [0.25, 0.3) is 0 Å². The highest BCUT2D eigenvalue weighted by atomic mass is 16.3. The van der Waals surface area contributed by atoms with Gasteiger partial charge in [-0.15, -0.1) is 0 Å². The summed E-state index contributed by atoms with van der Waals surface area (Å²) >= 11 is 0. The number of phenols is 1. The Hall–Kier alpha value is -1.80. The number of piperidine rings is 1. The van der Waals surface area contributed by atoms with Crippen LogP contribution in [0.15, 0.2) is 54.6 Å². The average Bonchev–Trinajstić information content (AvgIpc) is 3.45. The summed E-state index contributed by atoms with van der Waals surface area (Å²) in [6.45, 7) is 2.50. The van der Waals surface area contributed by atoms with Crippen molar-refractivity contribution in [2.24, 2.45) is 5.92 Å². The van der Waals surface area contributed by atoms with Crippen molar-refractivity contribution in [2.75, 3.05) is 13.1 Å². The molecule has 3 fully saturated rings. The molecule has 0 radical (unpaired) electrons. The van der Waals surface area contributed by atoms with E-state index < -0.39 is 0 Å². The monoisotopic (exact) mass is 347 g/mol. The van der Waals surface area contributed by atoms with Crippen LogP contribution >= 0.6 is 0 Å². The van der Waals surface area contributed by atoms with Gasteiger partial charge in [0.1, 0.15) is 5.75 Å². The van der Waals surface area contributed by atoms with E-state index in [-0.39, 0.29) is 0 Å². The minimum Gasteiger partial charge on any atom is -0.508 e. The van der Waals surface area contributed by atoms with Crippen LogP contribution in [-0.2, 0) is 5.41 Å². The van der Waals surface area contributed by atoms with Gasteiger partial charge in [-0.05, 0) is 79.2 Å². The third-order valence-electron chi connectivity index (χ3n) is 7.29. The number of likely N-dealkylation sites (tertiary alicyclic amines) is 1. The minimum absolute atomic E-state index is 0.306. The lowest BCUT2D eigenvalue weighted by molar-refractivity contribution is 0.0478. The van der Waals surface area contributed by atoms with Crippen molar-refractivity contribution < 1.29 is 5.11 Å². The molecule has 26 heavy (non-hydrogen) atoms. The number of nitrogens with zero attached hydrogens (tertiary/aromatic N) is 1. The van der Waals surface area contributed by atoms with E-state index in [0.29, 0.717) is 11.2 Å². The van der Waals surface area contributed by atoms with Gasteiger partial charge >= 0.3 is 0 Å². The third-order valence-corrected chi connectivity index (χ3v) is 7.29. The number of fused-ring (bicyclic) bond motifs is 2. The highest BCUT2D eigenvalue weighted by Gasteiger charge is 2.46. The second-order valence-electron chi connectivity index (χ2n) is 8.84. The molecule has 1 saturated heterocycles. The van der Waals surface area contributed by atoms with E-state index in [1.165, 1.54) is 62.7 Å². The molecule has 1 aliphatic heterocycles. The normalized spacial score (nSPS) is 33.8. The Kier molecular flexibility index (Phi) is 4.04. The highest BCUT2D eigenvalue weighted by Crippen LogP contribution is 2.51. The second kappa shape index (κ2) is 6.42. The fourth-order valence-corrected chi connectivity index (χ4v) is 5.75. The molecule has 2 saturated carbocycles. The fourth-order valence-electron chi connectivity index (χ4n) is 5.75. The van der Waals surface area contributed by atoms with Crippen molar-refractivity contribution in [3.63, 3.8) is 0 Å². The topological polar surface area (TPSA) is 23.5 Å². The highest BCUT2D eigenvalue weighted by molar-refractivity contribution is 5.34. The lowest BCUT2D eigenvalue weighted by Gasteiger charge is -2.51. The Morgan fingerprint density at radius 3 is 2.77 bits per heavy atom. The molecule has 0 unspecified atom stereocenters. The zero-order valence-corrected chi connectivity index (χ0v) is 15.5. The molecule has 2 nitrogen and oxygen atoms in total. The maximum Gasteiger partial charge on any atom is 0.115 e. The zero-order chi connectivity index (χ0) is 17.6. The molecule has 5 rings (SSSR count). The van der Waals surface area contributed by atoms with E-state index in [0.717, 1.165) is 17.9 Å². The number of aromatic hydroxyl groups is 1. The molecule has 0 aromatic heterocycles. The van der Waals surface area contributed by atoms with Gasteiger partial charge in [0, 0.05) is 12.6 Å². The molecule has 2 bridgehead atoms. The average molecular weight is 348 g/mol. The standard InChI is InChI=1S/C24H29NO/c26-22-10-4-8-20(15-22)24-11-5-9-21(16-24)25(13-12-24)17-19-14-23(19)18-6-2-1-3-7-18/h1-4,6-8,10,15,19,21,23,26H,5,9,11-14,16-17H2/t19-,21-,23-,24+/m1/s1. The van der Waals surface area contributed by atoms with Gasteiger partial charge in [0.25, 0.3) is 0 Å². The lowest BCUT2D eigenvalue weighted by Crippen LogP contribution is -2.52. The molecule has 2 aromatic rings. The minimum atomic E-state index is 0.306. The molecule has 2 aromatic carbocycles. The summed E-state index contributed by atoms with van der Waals surface area (Å²) < 4.78 is 0. The van der Waals surface area contributed by atoms with Gasteiger partial charge < -0.3 is 10.0 Å². The Labute approximate surface area is 156 Å². The quantitative estimate of drug-likeness (QED) is 0.833. The van der Waals surface area contributed by atoms with Crippen LogP contribution in [0.2, 0.25) is 0 Å². The van der Waals surface area contributed by atoms with Gasteiger partial charge in [0.05, 0.1) is 0 Å². The predicted octanol–water partition coefficient (Wildman–Crippen LogP) is 5.08. The molecular weight excluding hydrogens is 318 g/mol. The summed E-state index contributed by atoms with van der Waals surface area (Å²) in [5.74, 6) is 2.07. The number of hydrogen-bond acceptors (Lipinski definition) is 2. The van der Waals surface area contributed by atoms with Crippen LogP contribution in [0.1, 0.15) is 55.6 Å². The smallest absolute Gasteiger partial charge is 0.115 e. The van der Waals surface area contributed by atoms with Crippen LogP contribution in [0.3, 0.4) is 0 Å². The van der Waals surface area contributed by atoms with Crippen molar-refractivity contribution >= 4 is 0 Å². The van der Waals surface area contributed by atoms with E-state index >= 15 is 0 Å². The van der Waals surface area contributed by atoms with Gasteiger partial charge in [-0.1, -0.05) is 48.9 Å². The van der Waals surface area contributed by atoms with Gasteiger partial charge in [0.2, 0.25) is 0 Å². The van der Waals surface area contributed by atoms with Gasteiger partial charge in [-0.3, -0.25) is 0 Å². The number of benzene rings is 2. The van der Waals surface area contributed by atoms with Crippen LogP contribution in [-0.4, -0.2) is 29.1 Å². The van der Waals surface area contributed by atoms with Crippen molar-refractivity contribution in [3.8, 4) is 5.75 Å². The molecule has 1 N–H and O–H groups in total. The predicted molar refractivity (Wildman–Crippen MR) is 106 cm³/mol. The first kappa shape index (κ1) is 16.4. The van der Waals surface area contributed by atoms with Crippen LogP contribution in [0, 0.1) is 5.92 Å². The molecule has 3 aliphatic rings. The summed E-state index contributed by atoms with van der Waals surface area (Å²) in [6, 6.07) is 19.9. The molecule has 0 amide bonds. The molecule has 136 valence electrons. The van der Waals surface area contributed by atoms with E-state index in [1.807, 2.05) is 12.1 Å². The number of phenolic OH excluding ortho intramolecular Hbond substituents is 1. The van der Waals surface area contributed by atoms with E-state index in [4.69, 9.17) is 0 Å². The second-order valence-corrected chi connectivity index (χ2v) is 8.84. The lowest BCUT2D eigenvalue weighted by atomic mass is 9.63. The summed E-state index contributed by atoms with van der Waals surface area (Å²) in [4.78, 5) is 2.80. The Morgan fingerprint density at radius 1 is 1.04 bits per heavy atom. The molecular formula is C24H29NO. The maximum absolute atomic E-state index is 9.94. The van der Waals surface area contributed by atoms with E-state index in [2.05, 4.69) is 41.3 Å². The number of hydrogen-bond donors (Lipinski definition) is 1. The Bertz CT molecular complexity index is 773. The number of rotatable bonds is 4. The first-order valence-corrected chi connectivity index (χ1v) is 10.3. The van der Waals surface area contributed by atoms with Gasteiger partial charge in [-0.2, -0.15) is 0 Å². The SMILES string of the molecule is Oc1cccc([C@]23CCC[C@H](C2)N(C[C@H]2C[C@@H]2c2ccccc2)CC3)c1. The van der Waals surface area contributed by atoms with Gasteiger partial charge in [0.15, 0.2) is 0 Å². The fraction of sp³-hybridized carbons (Fsp3) is 0.500. The molecule has 2 heteroatoms. The largest absolute Gasteiger partial charge is 0.508 e. The Balaban J connectivity index is 1.27. The third kappa shape index (κ3) is 2.95. The van der Waals surface area contributed by atoms with E-state index in [9.17, 15) is 5.11 Å². The maximum atomic E-state index is 9.94. The van der Waals surface area contributed by atoms with Crippen molar-refractivity contribution in [1.82, 2.24) is 4.90 Å². The van der Waals surface area contributed by atoms with Crippen molar-refractivity contribution in [1.29, 1.82) is 0 Å². The Morgan fingerprint density at radius 2 is 1.92 bits per heavy atom. The summed E-state index contributed by atoms with van der Waals surface area (Å²) in [5, 5.41) is 9.94. The first-order valence-electron chi connectivity index (χ1n) is 10.3. The van der Waals surface area contributed by atoms with Crippen LogP contribution < -0.4 is 0 Å². The molecule has 1 heterocycles. The summed E-state index contributed by atoms with van der Waals surface area (Å²) in [6.07, 6.45) is 7.85. The molecule has 2 aliphatic carbocycles. The van der Waals surface area contributed by atoms with Crippen LogP contribution in [0.5, 0.6) is 5.75 Å². The first-order chi connectivity index (χ1) is 12.7. The van der Waals surface area contributed by atoms with Crippen molar-refractivity contribution in [2.45, 2.75) is 55.9 Å². The zero-order valence-electron chi connectivity index (χ0n) is 15.5. The molecule has 0 spiro atoms. The molecule has 4 atom stereocenters. The van der Waals surface area contributed by atoms with Crippen molar-refractivity contribution in [3.05, 3.63) is 65.7 Å².